The molecule has 2 amide bonds. The SMILES string of the molecule is O=C(O)CN(C(=O)C1=NN(Cc2ccc(F)cc2)C(=O)CC1)C1CC1. The standard InChI is InChI=1S/C17H18FN3O4/c18-12-3-1-11(2-4-12)9-21-15(22)8-7-14(19-21)17(25)20(10-16(23)24)13-5-6-13/h1-4,13H,5-10H2,(H,23,24). The molecule has 0 saturated heterocycles. The Morgan fingerprint density at radius 1 is 1.24 bits per heavy atom. The Hall–Kier alpha value is -2.77. The molecular weight excluding hydrogens is 329 g/mol. The summed E-state index contributed by atoms with van der Waals surface area (Å²) in [4.78, 5) is 37.0. The molecule has 1 aromatic carbocycles. The molecule has 0 bridgehead atoms. The number of halogens is 1. The molecule has 25 heavy (non-hydrogen) atoms. The van der Waals surface area contributed by atoms with E-state index in [1.807, 2.05) is 0 Å². The lowest BCUT2D eigenvalue weighted by molar-refractivity contribution is -0.142. The Labute approximate surface area is 143 Å². The number of carboxylic acid groups (broad SMARTS) is 1. The van der Waals surface area contributed by atoms with E-state index >= 15 is 0 Å². The highest BCUT2D eigenvalue weighted by Gasteiger charge is 2.37. The number of aliphatic carboxylic acids is 1. The first-order valence-electron chi connectivity index (χ1n) is 8.09. The molecular formula is C17H18FN3O4. The Morgan fingerprint density at radius 2 is 1.92 bits per heavy atom. The third kappa shape index (κ3) is 4.20. The average Bonchev–Trinajstić information content (AvgIpc) is 3.41. The van der Waals surface area contributed by atoms with E-state index in [-0.39, 0.29) is 49.4 Å². The van der Waals surface area contributed by atoms with Crippen LogP contribution in [-0.4, -0.2) is 51.1 Å². The minimum atomic E-state index is -1.07. The molecule has 2 aliphatic rings. The predicted molar refractivity (Wildman–Crippen MR) is 86.0 cm³/mol. The first-order valence-corrected chi connectivity index (χ1v) is 8.09. The first-order chi connectivity index (χ1) is 11.9. The minimum absolute atomic E-state index is 0.0607. The summed E-state index contributed by atoms with van der Waals surface area (Å²) < 4.78 is 13.0. The summed E-state index contributed by atoms with van der Waals surface area (Å²) >= 11 is 0. The van der Waals surface area contributed by atoms with Crippen LogP contribution < -0.4 is 0 Å². The number of hydrogen-bond donors (Lipinski definition) is 1. The molecule has 7 nitrogen and oxygen atoms in total. The molecule has 0 unspecified atom stereocenters. The van der Waals surface area contributed by atoms with E-state index in [2.05, 4.69) is 5.10 Å². The number of benzene rings is 1. The quantitative estimate of drug-likeness (QED) is 0.842. The van der Waals surface area contributed by atoms with Crippen molar-refractivity contribution in [1.29, 1.82) is 0 Å². The van der Waals surface area contributed by atoms with Crippen molar-refractivity contribution in [2.75, 3.05) is 6.54 Å². The van der Waals surface area contributed by atoms with Gasteiger partial charge in [-0.05, 0) is 30.5 Å². The van der Waals surface area contributed by atoms with E-state index in [0.717, 1.165) is 12.8 Å². The smallest absolute Gasteiger partial charge is 0.323 e. The summed E-state index contributed by atoms with van der Waals surface area (Å²) in [5.74, 6) is -2.10. The van der Waals surface area contributed by atoms with Crippen LogP contribution in [0.15, 0.2) is 29.4 Å². The van der Waals surface area contributed by atoms with Crippen LogP contribution in [0.5, 0.6) is 0 Å². The van der Waals surface area contributed by atoms with Crippen LogP contribution in [0, 0.1) is 5.82 Å². The fourth-order valence-corrected chi connectivity index (χ4v) is 2.71. The van der Waals surface area contributed by atoms with Crippen LogP contribution in [0.1, 0.15) is 31.2 Å². The zero-order valence-electron chi connectivity index (χ0n) is 13.5. The third-order valence-electron chi connectivity index (χ3n) is 4.15. The van der Waals surface area contributed by atoms with Crippen molar-refractivity contribution in [2.45, 2.75) is 38.3 Å². The molecule has 1 aromatic rings. The highest BCUT2D eigenvalue weighted by molar-refractivity contribution is 6.39. The molecule has 1 saturated carbocycles. The molecule has 0 spiro atoms. The molecule has 1 N–H and O–H groups in total. The van der Waals surface area contributed by atoms with E-state index in [9.17, 15) is 18.8 Å². The van der Waals surface area contributed by atoms with Crippen LogP contribution in [0.4, 0.5) is 4.39 Å². The van der Waals surface area contributed by atoms with Crippen LogP contribution in [0.25, 0.3) is 0 Å². The second kappa shape index (κ2) is 7.00. The zero-order valence-corrected chi connectivity index (χ0v) is 13.5. The van der Waals surface area contributed by atoms with Crippen molar-refractivity contribution in [3.05, 3.63) is 35.6 Å². The van der Waals surface area contributed by atoms with Gasteiger partial charge in [-0.25, -0.2) is 9.40 Å². The summed E-state index contributed by atoms with van der Waals surface area (Å²) in [5.41, 5.74) is 0.881. The number of hydrogen-bond acceptors (Lipinski definition) is 4. The van der Waals surface area contributed by atoms with Crippen LogP contribution in [-0.2, 0) is 20.9 Å². The monoisotopic (exact) mass is 347 g/mol. The largest absolute Gasteiger partial charge is 0.480 e. The van der Waals surface area contributed by atoms with Gasteiger partial charge < -0.3 is 10.0 Å². The molecule has 3 rings (SSSR count). The molecule has 1 aliphatic carbocycles. The van der Waals surface area contributed by atoms with Crippen molar-refractivity contribution < 1.29 is 23.9 Å². The Balaban J connectivity index is 1.76. The second-order valence-electron chi connectivity index (χ2n) is 6.18. The van der Waals surface area contributed by atoms with Crippen molar-refractivity contribution in [3.8, 4) is 0 Å². The molecule has 0 radical (unpaired) electrons. The highest BCUT2D eigenvalue weighted by Crippen LogP contribution is 2.27. The number of carboxylic acids is 1. The second-order valence-corrected chi connectivity index (χ2v) is 6.18. The fraction of sp³-hybridized carbons (Fsp3) is 0.412. The number of nitrogens with zero attached hydrogens (tertiary/aromatic N) is 3. The summed E-state index contributed by atoms with van der Waals surface area (Å²) in [7, 11) is 0. The van der Waals surface area contributed by atoms with E-state index in [4.69, 9.17) is 5.11 Å². The van der Waals surface area contributed by atoms with Gasteiger partial charge in [0.15, 0.2) is 0 Å². The normalized spacial score (nSPS) is 17.2. The number of hydrazone groups is 1. The van der Waals surface area contributed by atoms with Gasteiger partial charge in [-0.3, -0.25) is 14.4 Å². The minimum Gasteiger partial charge on any atom is -0.480 e. The number of carbonyl (C=O) groups excluding carboxylic acids is 2. The van der Waals surface area contributed by atoms with Gasteiger partial charge in [-0.15, -0.1) is 0 Å². The molecule has 1 heterocycles. The molecule has 0 atom stereocenters. The summed E-state index contributed by atoms with van der Waals surface area (Å²) in [6, 6.07) is 5.63. The number of rotatable bonds is 6. The zero-order chi connectivity index (χ0) is 18.0. The van der Waals surface area contributed by atoms with Crippen molar-refractivity contribution in [1.82, 2.24) is 9.91 Å². The topological polar surface area (TPSA) is 90.3 Å². The highest BCUT2D eigenvalue weighted by atomic mass is 19.1. The average molecular weight is 347 g/mol. The van der Waals surface area contributed by atoms with Gasteiger partial charge in [0.25, 0.3) is 5.91 Å². The first kappa shape index (κ1) is 17.1. The maximum absolute atomic E-state index is 13.0. The Kier molecular flexibility index (Phi) is 4.78. The lowest BCUT2D eigenvalue weighted by atomic mass is 10.1. The van der Waals surface area contributed by atoms with E-state index in [1.54, 1.807) is 12.1 Å². The van der Waals surface area contributed by atoms with Crippen LogP contribution >= 0.6 is 0 Å². The summed E-state index contributed by atoms with van der Waals surface area (Å²) in [6.45, 7) is -0.229. The van der Waals surface area contributed by atoms with E-state index in [0.29, 0.717) is 5.56 Å². The molecule has 0 aromatic heterocycles. The lowest BCUT2D eigenvalue weighted by Crippen LogP contribution is -2.44. The Morgan fingerprint density at radius 3 is 2.52 bits per heavy atom. The van der Waals surface area contributed by atoms with E-state index < -0.39 is 11.9 Å². The molecule has 8 heteroatoms. The lowest BCUT2D eigenvalue weighted by Gasteiger charge is -2.26. The summed E-state index contributed by atoms with van der Waals surface area (Å²) in [5, 5.41) is 14.3. The number of amides is 2. The van der Waals surface area contributed by atoms with Gasteiger partial charge in [0.05, 0.1) is 6.54 Å². The van der Waals surface area contributed by atoms with Gasteiger partial charge in [0, 0.05) is 18.9 Å². The molecule has 1 fully saturated rings. The fourth-order valence-electron chi connectivity index (χ4n) is 2.71. The van der Waals surface area contributed by atoms with Gasteiger partial charge >= 0.3 is 5.97 Å². The van der Waals surface area contributed by atoms with Gasteiger partial charge in [-0.2, -0.15) is 5.10 Å². The van der Waals surface area contributed by atoms with Gasteiger partial charge in [0.1, 0.15) is 18.1 Å². The van der Waals surface area contributed by atoms with Gasteiger partial charge in [0.2, 0.25) is 5.91 Å². The number of carbonyl (C=O) groups is 3. The Bertz CT molecular complexity index is 728. The van der Waals surface area contributed by atoms with Crippen molar-refractivity contribution in [3.63, 3.8) is 0 Å². The predicted octanol–water partition coefficient (Wildman–Crippen LogP) is 1.38. The maximum Gasteiger partial charge on any atom is 0.323 e. The van der Waals surface area contributed by atoms with Crippen molar-refractivity contribution in [2.24, 2.45) is 5.10 Å². The van der Waals surface area contributed by atoms with Crippen molar-refractivity contribution >= 4 is 23.5 Å². The molecule has 132 valence electrons. The van der Waals surface area contributed by atoms with Crippen LogP contribution in [0.2, 0.25) is 0 Å². The van der Waals surface area contributed by atoms with E-state index in [1.165, 1.54) is 22.0 Å². The van der Waals surface area contributed by atoms with Crippen LogP contribution in [0.3, 0.4) is 0 Å². The third-order valence-corrected chi connectivity index (χ3v) is 4.15. The van der Waals surface area contributed by atoms with Gasteiger partial charge in [-0.1, -0.05) is 12.1 Å². The maximum atomic E-state index is 13.0. The molecule has 1 aliphatic heterocycles. The summed E-state index contributed by atoms with van der Waals surface area (Å²) in [6.07, 6.45) is 1.90.